The minimum absolute atomic E-state index is 0.175. The highest BCUT2D eigenvalue weighted by Gasteiger charge is 2.28. The molecule has 0 aromatic heterocycles. The average molecular weight is 295 g/mol. The van der Waals surface area contributed by atoms with Gasteiger partial charge in [-0.05, 0) is 43.3 Å². The van der Waals surface area contributed by atoms with Gasteiger partial charge in [-0.2, -0.15) is 8.42 Å². The highest BCUT2D eigenvalue weighted by molar-refractivity contribution is 7.86. The van der Waals surface area contributed by atoms with Crippen molar-refractivity contribution < 1.29 is 12.6 Å². The Labute approximate surface area is 118 Å². The smallest absolute Gasteiger partial charge is 0.263 e. The molecule has 1 aromatic carbocycles. The van der Waals surface area contributed by atoms with Crippen LogP contribution in [0.2, 0.25) is 0 Å². The van der Waals surface area contributed by atoms with E-state index in [-0.39, 0.29) is 10.9 Å². The van der Waals surface area contributed by atoms with Crippen LogP contribution < -0.4 is 0 Å². The normalized spacial score (nSPS) is 23.1. The molecule has 2 atom stereocenters. The second-order valence-electron chi connectivity index (χ2n) is 4.96. The van der Waals surface area contributed by atoms with Crippen molar-refractivity contribution in [2.24, 2.45) is 5.11 Å². The number of benzene rings is 1. The van der Waals surface area contributed by atoms with Gasteiger partial charge in [0.2, 0.25) is 0 Å². The van der Waals surface area contributed by atoms with Gasteiger partial charge in [-0.1, -0.05) is 29.7 Å². The van der Waals surface area contributed by atoms with E-state index in [2.05, 4.69) is 10.0 Å². The molecular formula is C13H17N3O3S. The van der Waals surface area contributed by atoms with E-state index < -0.39 is 16.2 Å². The number of hydrogen-bond donors (Lipinski definition) is 0. The molecule has 1 aliphatic rings. The zero-order valence-electron chi connectivity index (χ0n) is 11.3. The fraction of sp³-hybridized carbons (Fsp3) is 0.538. The van der Waals surface area contributed by atoms with E-state index >= 15 is 0 Å². The van der Waals surface area contributed by atoms with E-state index in [0.29, 0.717) is 18.4 Å². The third-order valence-electron chi connectivity index (χ3n) is 3.44. The molecule has 0 saturated heterocycles. The summed E-state index contributed by atoms with van der Waals surface area (Å²) in [6, 6.07) is 6.56. The maximum atomic E-state index is 12.3. The van der Waals surface area contributed by atoms with Crippen molar-refractivity contribution in [1.29, 1.82) is 0 Å². The topological polar surface area (TPSA) is 92.1 Å². The van der Waals surface area contributed by atoms with Gasteiger partial charge in [0.25, 0.3) is 10.1 Å². The molecule has 0 bridgehead atoms. The molecule has 1 aliphatic carbocycles. The number of aryl methyl sites for hydroxylation is 1. The highest BCUT2D eigenvalue weighted by atomic mass is 32.2. The Morgan fingerprint density at radius 2 is 2.10 bits per heavy atom. The van der Waals surface area contributed by atoms with Gasteiger partial charge in [-0.25, -0.2) is 0 Å². The Morgan fingerprint density at radius 1 is 1.35 bits per heavy atom. The summed E-state index contributed by atoms with van der Waals surface area (Å²) in [5.74, 6) is 0. The van der Waals surface area contributed by atoms with Gasteiger partial charge < -0.3 is 0 Å². The van der Waals surface area contributed by atoms with Crippen LogP contribution in [0.3, 0.4) is 0 Å². The van der Waals surface area contributed by atoms with Gasteiger partial charge in [0.1, 0.15) is 0 Å². The quantitative estimate of drug-likeness (QED) is 0.369. The zero-order chi connectivity index (χ0) is 14.6. The molecule has 0 spiro atoms. The van der Waals surface area contributed by atoms with Crippen LogP contribution in [0.25, 0.3) is 10.4 Å². The standard InChI is InChI=1S/C13H17N3O3S/c1-10-5-2-3-8-13(10)20(17,18)19-12-7-4-6-11(9-12)15-16-14/h2-3,5,8,11-12H,4,6-7,9H2,1H3. The van der Waals surface area contributed by atoms with Crippen molar-refractivity contribution in [2.75, 3.05) is 0 Å². The van der Waals surface area contributed by atoms with Crippen molar-refractivity contribution in [3.63, 3.8) is 0 Å². The first-order chi connectivity index (χ1) is 9.53. The van der Waals surface area contributed by atoms with Gasteiger partial charge in [-0.3, -0.25) is 4.18 Å². The fourth-order valence-corrected chi connectivity index (χ4v) is 3.80. The molecule has 0 heterocycles. The Kier molecular flexibility index (Phi) is 4.65. The summed E-state index contributed by atoms with van der Waals surface area (Å²) in [5, 5.41) is 3.66. The van der Waals surface area contributed by atoms with Gasteiger partial charge in [0.15, 0.2) is 0 Å². The minimum atomic E-state index is -3.76. The van der Waals surface area contributed by atoms with E-state index in [1.807, 2.05) is 0 Å². The van der Waals surface area contributed by atoms with Crippen molar-refractivity contribution in [1.82, 2.24) is 0 Å². The minimum Gasteiger partial charge on any atom is -0.263 e. The van der Waals surface area contributed by atoms with Crippen LogP contribution in [0.15, 0.2) is 34.3 Å². The van der Waals surface area contributed by atoms with Crippen molar-refractivity contribution in [2.45, 2.75) is 49.6 Å². The second-order valence-corrected chi connectivity index (χ2v) is 6.50. The molecule has 1 fully saturated rings. The van der Waals surface area contributed by atoms with Crippen LogP contribution in [-0.4, -0.2) is 20.6 Å². The Bertz CT molecular complexity index is 624. The average Bonchev–Trinajstić information content (AvgIpc) is 2.39. The highest BCUT2D eigenvalue weighted by Crippen LogP contribution is 2.27. The lowest BCUT2D eigenvalue weighted by Crippen LogP contribution is -2.27. The van der Waals surface area contributed by atoms with Crippen LogP contribution in [0.5, 0.6) is 0 Å². The number of rotatable bonds is 4. The third kappa shape index (κ3) is 3.50. The van der Waals surface area contributed by atoms with E-state index in [4.69, 9.17) is 9.71 Å². The first-order valence-corrected chi connectivity index (χ1v) is 7.97. The van der Waals surface area contributed by atoms with Crippen molar-refractivity contribution in [3.8, 4) is 0 Å². The Hall–Kier alpha value is -1.56. The first kappa shape index (κ1) is 14.8. The molecule has 6 nitrogen and oxygen atoms in total. The number of azide groups is 1. The monoisotopic (exact) mass is 295 g/mol. The summed E-state index contributed by atoms with van der Waals surface area (Å²) in [7, 11) is -3.76. The molecule has 0 radical (unpaired) electrons. The van der Waals surface area contributed by atoms with Crippen LogP contribution in [-0.2, 0) is 14.3 Å². The van der Waals surface area contributed by atoms with Crippen LogP contribution in [0.4, 0.5) is 0 Å². The summed E-state index contributed by atoms with van der Waals surface area (Å²) in [6.07, 6.45) is 2.30. The molecule has 0 amide bonds. The van der Waals surface area contributed by atoms with Crippen LogP contribution in [0, 0.1) is 6.92 Å². The summed E-state index contributed by atoms with van der Waals surface area (Å²) < 4.78 is 29.8. The summed E-state index contributed by atoms with van der Waals surface area (Å²) in [5.41, 5.74) is 9.11. The predicted molar refractivity (Wildman–Crippen MR) is 74.6 cm³/mol. The molecule has 108 valence electrons. The Morgan fingerprint density at radius 3 is 2.80 bits per heavy atom. The molecule has 1 aromatic rings. The lowest BCUT2D eigenvalue weighted by molar-refractivity contribution is 0.151. The fourth-order valence-electron chi connectivity index (χ4n) is 2.45. The predicted octanol–water partition coefficient (Wildman–Crippen LogP) is 3.32. The molecule has 20 heavy (non-hydrogen) atoms. The lowest BCUT2D eigenvalue weighted by Gasteiger charge is -2.25. The van der Waals surface area contributed by atoms with E-state index in [9.17, 15) is 8.42 Å². The van der Waals surface area contributed by atoms with E-state index in [1.165, 1.54) is 0 Å². The number of hydrogen-bond acceptors (Lipinski definition) is 4. The largest absolute Gasteiger partial charge is 0.297 e. The number of nitrogens with zero attached hydrogens (tertiary/aromatic N) is 3. The van der Waals surface area contributed by atoms with Crippen LogP contribution >= 0.6 is 0 Å². The second kappa shape index (κ2) is 6.26. The van der Waals surface area contributed by atoms with Crippen LogP contribution in [0.1, 0.15) is 31.2 Å². The van der Waals surface area contributed by atoms with Gasteiger partial charge in [0, 0.05) is 11.0 Å². The van der Waals surface area contributed by atoms with E-state index in [1.54, 1.807) is 31.2 Å². The van der Waals surface area contributed by atoms with Gasteiger partial charge in [-0.15, -0.1) is 0 Å². The molecule has 1 saturated carbocycles. The molecule has 7 heteroatoms. The summed E-state index contributed by atoms with van der Waals surface area (Å²) >= 11 is 0. The summed E-state index contributed by atoms with van der Waals surface area (Å²) in [4.78, 5) is 2.98. The maximum Gasteiger partial charge on any atom is 0.297 e. The molecule has 2 rings (SSSR count). The van der Waals surface area contributed by atoms with Crippen molar-refractivity contribution in [3.05, 3.63) is 40.3 Å². The lowest BCUT2D eigenvalue weighted by atomic mass is 9.94. The molecular weight excluding hydrogens is 278 g/mol. The molecule has 0 N–H and O–H groups in total. The Balaban J connectivity index is 2.12. The van der Waals surface area contributed by atoms with Gasteiger partial charge in [0.05, 0.1) is 11.0 Å². The van der Waals surface area contributed by atoms with Gasteiger partial charge >= 0.3 is 0 Å². The molecule has 2 unspecified atom stereocenters. The maximum absolute atomic E-state index is 12.3. The van der Waals surface area contributed by atoms with Crippen molar-refractivity contribution >= 4 is 10.1 Å². The first-order valence-electron chi connectivity index (χ1n) is 6.56. The molecule has 0 aliphatic heterocycles. The third-order valence-corrected chi connectivity index (χ3v) is 4.96. The summed E-state index contributed by atoms with van der Waals surface area (Å²) in [6.45, 7) is 1.74. The zero-order valence-corrected chi connectivity index (χ0v) is 12.1. The SMILES string of the molecule is Cc1ccccc1S(=O)(=O)OC1CCCC(N=[N+]=[N-])C1. The van der Waals surface area contributed by atoms with E-state index in [0.717, 1.165) is 12.8 Å².